The lowest BCUT2D eigenvalue weighted by atomic mass is 10.1. The van der Waals surface area contributed by atoms with Gasteiger partial charge in [-0.05, 0) is 12.5 Å². The minimum atomic E-state index is -0.114. The van der Waals surface area contributed by atoms with Crippen LogP contribution in [0.25, 0.3) is 21.3 Å². The molecular weight excluding hydrogens is 328 g/mol. The number of benzene rings is 1. The molecule has 0 aliphatic carbocycles. The van der Waals surface area contributed by atoms with Crippen LogP contribution in [0, 0.1) is 0 Å². The number of nitrogens with one attached hydrogen (secondary N) is 1. The molecule has 2 heterocycles. The lowest BCUT2D eigenvalue weighted by Gasteiger charge is -2.02. The van der Waals surface area contributed by atoms with Gasteiger partial charge in [0.1, 0.15) is 10.7 Å². The molecule has 2 aromatic heterocycles. The van der Waals surface area contributed by atoms with Crippen molar-refractivity contribution in [2.75, 3.05) is 6.54 Å². The molecule has 1 aromatic carbocycles. The van der Waals surface area contributed by atoms with Crippen LogP contribution in [0.3, 0.4) is 0 Å². The third-order valence-corrected chi connectivity index (χ3v) is 4.96. The maximum atomic E-state index is 12.5. The predicted octanol–water partition coefficient (Wildman–Crippen LogP) is 3.22. The quantitative estimate of drug-likeness (QED) is 0.562. The molecule has 5 nitrogen and oxygen atoms in total. The lowest BCUT2D eigenvalue weighted by Crippen LogP contribution is -2.13. The van der Waals surface area contributed by atoms with Gasteiger partial charge in [-0.25, -0.2) is 4.98 Å². The standard InChI is InChI=1S/C16H16N4OS2/c1-2-18-16(17)23-9-12-19-14(21)13-11(8-22-15(13)20-12)10-6-4-3-5-7-10/h3-8H,2,9H2,1H3,(H2,17,18)(H,19,20,21). The number of thioether (sulfide) groups is 1. The maximum absolute atomic E-state index is 12.5. The molecule has 0 fully saturated rings. The number of amidine groups is 1. The molecule has 0 saturated heterocycles. The van der Waals surface area contributed by atoms with Crippen LogP contribution < -0.4 is 11.3 Å². The third-order valence-electron chi connectivity index (χ3n) is 3.25. The highest BCUT2D eigenvalue weighted by atomic mass is 32.2. The van der Waals surface area contributed by atoms with Crippen molar-refractivity contribution in [2.45, 2.75) is 12.7 Å². The molecular formula is C16H16N4OS2. The van der Waals surface area contributed by atoms with Gasteiger partial charge in [-0.15, -0.1) is 11.3 Å². The zero-order valence-corrected chi connectivity index (χ0v) is 14.2. The Kier molecular flexibility index (Phi) is 4.78. The average molecular weight is 344 g/mol. The summed E-state index contributed by atoms with van der Waals surface area (Å²) >= 11 is 2.85. The molecule has 0 aliphatic heterocycles. The summed E-state index contributed by atoms with van der Waals surface area (Å²) < 4.78 is 0. The molecule has 0 aliphatic rings. The second kappa shape index (κ2) is 6.97. The Labute approximate surface area is 141 Å². The molecule has 0 atom stereocenters. The molecule has 0 bridgehead atoms. The van der Waals surface area contributed by atoms with E-state index in [0.717, 1.165) is 16.0 Å². The molecule has 0 amide bonds. The van der Waals surface area contributed by atoms with E-state index in [0.29, 0.717) is 28.7 Å². The Bertz CT molecular complexity index is 899. The van der Waals surface area contributed by atoms with E-state index in [2.05, 4.69) is 15.0 Å². The van der Waals surface area contributed by atoms with Gasteiger partial charge in [0.15, 0.2) is 5.17 Å². The van der Waals surface area contributed by atoms with Gasteiger partial charge in [0, 0.05) is 17.5 Å². The van der Waals surface area contributed by atoms with Crippen molar-refractivity contribution < 1.29 is 0 Å². The van der Waals surface area contributed by atoms with Gasteiger partial charge in [-0.1, -0.05) is 42.1 Å². The van der Waals surface area contributed by atoms with Crippen molar-refractivity contribution in [2.24, 2.45) is 10.7 Å². The number of aliphatic imine (C=N–C) groups is 1. The second-order valence-electron chi connectivity index (χ2n) is 4.81. The van der Waals surface area contributed by atoms with E-state index >= 15 is 0 Å². The van der Waals surface area contributed by atoms with Crippen LogP contribution in [0.2, 0.25) is 0 Å². The molecule has 7 heteroatoms. The number of aromatic amines is 1. The lowest BCUT2D eigenvalue weighted by molar-refractivity contribution is 1.05. The summed E-state index contributed by atoms with van der Waals surface area (Å²) in [6.07, 6.45) is 0. The Morgan fingerprint density at radius 3 is 2.91 bits per heavy atom. The van der Waals surface area contributed by atoms with E-state index < -0.39 is 0 Å². The van der Waals surface area contributed by atoms with E-state index in [1.165, 1.54) is 23.1 Å². The molecule has 0 saturated carbocycles. The fraction of sp³-hybridized carbons (Fsp3) is 0.188. The fourth-order valence-electron chi connectivity index (χ4n) is 2.24. The van der Waals surface area contributed by atoms with E-state index in [-0.39, 0.29) is 5.56 Å². The molecule has 3 rings (SSSR count). The van der Waals surface area contributed by atoms with Crippen molar-refractivity contribution in [3.05, 3.63) is 51.9 Å². The molecule has 3 N–H and O–H groups in total. The van der Waals surface area contributed by atoms with E-state index in [1.807, 2.05) is 42.6 Å². The summed E-state index contributed by atoms with van der Waals surface area (Å²) in [5.74, 6) is 1.11. The fourth-order valence-corrected chi connectivity index (χ4v) is 3.84. The normalized spacial score (nSPS) is 12.0. The Morgan fingerprint density at radius 2 is 2.17 bits per heavy atom. The first-order valence-electron chi connectivity index (χ1n) is 7.17. The monoisotopic (exact) mass is 344 g/mol. The number of aromatic nitrogens is 2. The van der Waals surface area contributed by atoms with Gasteiger partial charge in [0.2, 0.25) is 0 Å². The van der Waals surface area contributed by atoms with Crippen molar-refractivity contribution in [1.82, 2.24) is 9.97 Å². The summed E-state index contributed by atoms with van der Waals surface area (Å²) in [7, 11) is 0. The van der Waals surface area contributed by atoms with Gasteiger partial charge in [0.05, 0.1) is 11.1 Å². The summed E-state index contributed by atoms with van der Waals surface area (Å²) in [5, 5.41) is 3.13. The van der Waals surface area contributed by atoms with Crippen LogP contribution in [0.1, 0.15) is 12.7 Å². The number of hydrogen-bond donors (Lipinski definition) is 2. The number of fused-ring (bicyclic) bond motifs is 1. The zero-order chi connectivity index (χ0) is 16.2. The number of nitrogens with two attached hydrogens (primary N) is 1. The third kappa shape index (κ3) is 3.46. The van der Waals surface area contributed by atoms with Crippen LogP contribution in [0.5, 0.6) is 0 Å². The van der Waals surface area contributed by atoms with E-state index in [4.69, 9.17) is 5.73 Å². The zero-order valence-electron chi connectivity index (χ0n) is 12.6. The molecule has 23 heavy (non-hydrogen) atoms. The van der Waals surface area contributed by atoms with E-state index in [9.17, 15) is 4.79 Å². The number of thiophene rings is 1. The Balaban J connectivity index is 1.95. The van der Waals surface area contributed by atoms with Gasteiger partial charge in [0.25, 0.3) is 5.56 Å². The number of rotatable bonds is 4. The summed E-state index contributed by atoms with van der Waals surface area (Å²) in [5.41, 5.74) is 7.59. The van der Waals surface area contributed by atoms with Crippen molar-refractivity contribution in [3.63, 3.8) is 0 Å². The molecule has 0 radical (unpaired) electrons. The minimum Gasteiger partial charge on any atom is -0.379 e. The Hall–Kier alpha value is -2.12. The van der Waals surface area contributed by atoms with Gasteiger partial charge >= 0.3 is 0 Å². The summed E-state index contributed by atoms with van der Waals surface area (Å²) in [6.45, 7) is 2.57. The molecule has 118 valence electrons. The average Bonchev–Trinajstić information content (AvgIpc) is 2.99. The number of hydrogen-bond acceptors (Lipinski definition) is 5. The molecule has 3 aromatic rings. The van der Waals surface area contributed by atoms with E-state index in [1.54, 1.807) is 0 Å². The number of nitrogens with zero attached hydrogens (tertiary/aromatic N) is 2. The second-order valence-corrected chi connectivity index (χ2v) is 6.66. The van der Waals surface area contributed by atoms with Crippen LogP contribution in [0.4, 0.5) is 0 Å². The highest BCUT2D eigenvalue weighted by molar-refractivity contribution is 8.13. The van der Waals surface area contributed by atoms with Gasteiger partial charge in [-0.3, -0.25) is 9.79 Å². The summed E-state index contributed by atoms with van der Waals surface area (Å²) in [6, 6.07) is 9.86. The van der Waals surface area contributed by atoms with Crippen molar-refractivity contribution in [1.29, 1.82) is 0 Å². The summed E-state index contributed by atoms with van der Waals surface area (Å²) in [4.78, 5) is 24.7. The smallest absolute Gasteiger partial charge is 0.260 e. The van der Waals surface area contributed by atoms with Crippen LogP contribution in [-0.2, 0) is 5.75 Å². The topological polar surface area (TPSA) is 84.1 Å². The number of H-pyrrole nitrogens is 1. The first kappa shape index (κ1) is 15.8. The minimum absolute atomic E-state index is 0.114. The maximum Gasteiger partial charge on any atom is 0.260 e. The van der Waals surface area contributed by atoms with Crippen molar-refractivity contribution >= 4 is 38.5 Å². The van der Waals surface area contributed by atoms with Crippen LogP contribution in [-0.4, -0.2) is 21.7 Å². The molecule has 0 unspecified atom stereocenters. The largest absolute Gasteiger partial charge is 0.379 e. The highest BCUT2D eigenvalue weighted by Gasteiger charge is 2.12. The van der Waals surface area contributed by atoms with Gasteiger partial charge < -0.3 is 10.7 Å². The molecule has 0 spiro atoms. The van der Waals surface area contributed by atoms with Crippen molar-refractivity contribution in [3.8, 4) is 11.1 Å². The Morgan fingerprint density at radius 1 is 1.39 bits per heavy atom. The highest BCUT2D eigenvalue weighted by Crippen LogP contribution is 2.30. The van der Waals surface area contributed by atoms with Crippen LogP contribution in [0.15, 0.2) is 45.5 Å². The predicted molar refractivity (Wildman–Crippen MR) is 99.1 cm³/mol. The van der Waals surface area contributed by atoms with Gasteiger partial charge in [-0.2, -0.15) is 0 Å². The first-order chi connectivity index (χ1) is 11.2. The SMILES string of the molecule is CCN=C(N)SCc1nc2scc(-c3ccccc3)c2c(=O)[nH]1. The van der Waals surface area contributed by atoms with Crippen LogP contribution >= 0.6 is 23.1 Å². The first-order valence-corrected chi connectivity index (χ1v) is 9.04.